The Bertz CT molecular complexity index is 801. The fourth-order valence-electron chi connectivity index (χ4n) is 2.19. The summed E-state index contributed by atoms with van der Waals surface area (Å²) in [4.78, 5) is 13.1. The molecule has 0 radical (unpaired) electrons. The van der Waals surface area contributed by atoms with Crippen LogP contribution in [0.25, 0.3) is 10.7 Å². The Morgan fingerprint density at radius 3 is 2.79 bits per heavy atom. The molecular formula is C16H17N5OS2. The quantitative estimate of drug-likeness (QED) is 0.522. The second-order valence-corrected chi connectivity index (χ2v) is 7.03. The Morgan fingerprint density at radius 1 is 1.29 bits per heavy atom. The van der Waals surface area contributed by atoms with E-state index in [9.17, 15) is 4.79 Å². The Balaban J connectivity index is 1.57. The lowest BCUT2D eigenvalue weighted by Gasteiger charge is -2.13. The molecule has 0 spiro atoms. The first-order valence-electron chi connectivity index (χ1n) is 7.36. The van der Waals surface area contributed by atoms with Gasteiger partial charge in [0.2, 0.25) is 11.1 Å². The zero-order valence-corrected chi connectivity index (χ0v) is 14.7. The van der Waals surface area contributed by atoms with Gasteiger partial charge in [-0.1, -0.05) is 48.2 Å². The van der Waals surface area contributed by atoms with Crippen LogP contribution < -0.4 is 11.2 Å². The molecule has 3 N–H and O–H groups in total. The number of aromatic nitrogens is 3. The molecule has 3 rings (SSSR count). The first kappa shape index (κ1) is 16.5. The molecule has 3 aromatic rings. The minimum absolute atomic E-state index is 0.0447. The van der Waals surface area contributed by atoms with Crippen molar-refractivity contribution < 1.29 is 4.79 Å². The Hall–Kier alpha value is -2.32. The van der Waals surface area contributed by atoms with Gasteiger partial charge in [-0.15, -0.1) is 21.5 Å². The lowest BCUT2D eigenvalue weighted by Crippen LogP contribution is -2.28. The predicted molar refractivity (Wildman–Crippen MR) is 97.2 cm³/mol. The fourth-order valence-corrected chi connectivity index (χ4v) is 3.56. The normalized spacial score (nSPS) is 12.0. The topological polar surface area (TPSA) is 85.8 Å². The molecule has 0 fully saturated rings. The van der Waals surface area contributed by atoms with Crippen molar-refractivity contribution >= 4 is 29.0 Å². The molecule has 8 heteroatoms. The van der Waals surface area contributed by atoms with Crippen LogP contribution in [0.1, 0.15) is 18.5 Å². The molecule has 0 bridgehead atoms. The van der Waals surface area contributed by atoms with E-state index in [1.807, 2.05) is 54.8 Å². The van der Waals surface area contributed by atoms with E-state index in [4.69, 9.17) is 5.84 Å². The molecular weight excluding hydrogens is 342 g/mol. The molecule has 0 saturated carbocycles. The number of nitrogens with one attached hydrogen (secondary N) is 1. The maximum atomic E-state index is 12.1. The van der Waals surface area contributed by atoms with Gasteiger partial charge in [-0.25, -0.2) is 4.68 Å². The summed E-state index contributed by atoms with van der Waals surface area (Å²) in [6.07, 6.45) is 0. The lowest BCUT2D eigenvalue weighted by atomic mass is 10.1. The number of nitrogen functional groups attached to an aromatic ring is 1. The number of thiophene rings is 1. The van der Waals surface area contributed by atoms with Crippen molar-refractivity contribution in [1.82, 2.24) is 20.2 Å². The third kappa shape index (κ3) is 3.77. The summed E-state index contributed by atoms with van der Waals surface area (Å²) >= 11 is 2.81. The minimum Gasteiger partial charge on any atom is -0.349 e. The van der Waals surface area contributed by atoms with Gasteiger partial charge in [-0.05, 0) is 23.9 Å². The SMILES string of the molecule is C[C@H](NC(=O)CSc1nnc(-c2cccs2)n1N)c1ccccc1. The third-order valence-electron chi connectivity index (χ3n) is 3.42. The molecule has 2 aromatic heterocycles. The molecule has 24 heavy (non-hydrogen) atoms. The summed E-state index contributed by atoms with van der Waals surface area (Å²) in [5.41, 5.74) is 1.07. The number of amides is 1. The number of carbonyl (C=O) groups is 1. The van der Waals surface area contributed by atoms with E-state index in [-0.39, 0.29) is 17.7 Å². The Morgan fingerprint density at radius 2 is 2.08 bits per heavy atom. The van der Waals surface area contributed by atoms with Crippen LogP contribution in [0.4, 0.5) is 0 Å². The van der Waals surface area contributed by atoms with Crippen LogP contribution >= 0.6 is 23.1 Å². The number of nitrogens with two attached hydrogens (primary N) is 1. The van der Waals surface area contributed by atoms with Crippen LogP contribution in [-0.4, -0.2) is 26.5 Å². The van der Waals surface area contributed by atoms with Gasteiger partial charge in [0.1, 0.15) is 0 Å². The first-order valence-corrected chi connectivity index (χ1v) is 9.23. The number of nitrogens with zero attached hydrogens (tertiary/aromatic N) is 3. The summed E-state index contributed by atoms with van der Waals surface area (Å²) < 4.78 is 1.42. The minimum atomic E-state index is -0.0722. The van der Waals surface area contributed by atoms with Crippen LogP contribution in [0.15, 0.2) is 53.0 Å². The van der Waals surface area contributed by atoms with Crippen molar-refractivity contribution in [2.24, 2.45) is 0 Å². The molecule has 0 aliphatic heterocycles. The van der Waals surface area contributed by atoms with E-state index < -0.39 is 0 Å². The number of thioether (sulfide) groups is 1. The van der Waals surface area contributed by atoms with Gasteiger partial charge in [0.05, 0.1) is 16.7 Å². The highest BCUT2D eigenvalue weighted by Crippen LogP contribution is 2.25. The average molecular weight is 359 g/mol. The lowest BCUT2D eigenvalue weighted by molar-refractivity contribution is -0.119. The number of carbonyl (C=O) groups excluding carboxylic acids is 1. The highest BCUT2D eigenvalue weighted by atomic mass is 32.2. The number of hydrogen-bond donors (Lipinski definition) is 2. The van der Waals surface area contributed by atoms with Crippen LogP contribution in [0, 0.1) is 0 Å². The molecule has 6 nitrogen and oxygen atoms in total. The zero-order chi connectivity index (χ0) is 16.9. The molecule has 0 unspecified atom stereocenters. The van der Waals surface area contributed by atoms with Gasteiger partial charge in [0.25, 0.3) is 0 Å². The third-order valence-corrected chi connectivity index (χ3v) is 5.22. The maximum absolute atomic E-state index is 12.1. The first-order chi connectivity index (χ1) is 11.6. The van der Waals surface area contributed by atoms with Crippen LogP contribution in [-0.2, 0) is 4.79 Å². The van der Waals surface area contributed by atoms with Crippen LogP contribution in [0.2, 0.25) is 0 Å². The highest BCUT2D eigenvalue weighted by molar-refractivity contribution is 7.99. The molecule has 1 aromatic carbocycles. The van der Waals surface area contributed by atoms with E-state index >= 15 is 0 Å². The van der Waals surface area contributed by atoms with Gasteiger partial charge < -0.3 is 11.2 Å². The largest absolute Gasteiger partial charge is 0.349 e. The second kappa shape index (κ2) is 7.50. The van der Waals surface area contributed by atoms with Crippen molar-refractivity contribution in [2.45, 2.75) is 18.1 Å². The molecule has 2 heterocycles. The van der Waals surface area contributed by atoms with Crippen molar-refractivity contribution in [3.05, 3.63) is 53.4 Å². The van der Waals surface area contributed by atoms with Crippen molar-refractivity contribution in [3.63, 3.8) is 0 Å². The molecule has 0 aliphatic carbocycles. The molecule has 1 amide bonds. The standard InChI is InChI=1S/C16H17N5OS2/c1-11(12-6-3-2-4-7-12)18-14(22)10-24-16-20-19-15(21(16)17)13-8-5-9-23-13/h2-9,11H,10,17H2,1H3,(H,18,22)/t11-/m0/s1. The zero-order valence-electron chi connectivity index (χ0n) is 13.0. The number of benzene rings is 1. The van der Waals surface area contributed by atoms with Crippen LogP contribution in [0.5, 0.6) is 0 Å². The molecule has 0 aliphatic rings. The summed E-state index contributed by atoms with van der Waals surface area (Å²) in [5.74, 6) is 6.78. The van der Waals surface area contributed by atoms with E-state index in [0.717, 1.165) is 10.4 Å². The van der Waals surface area contributed by atoms with Gasteiger partial charge in [0, 0.05) is 0 Å². The Kier molecular flexibility index (Phi) is 5.17. The van der Waals surface area contributed by atoms with Crippen LogP contribution in [0.3, 0.4) is 0 Å². The summed E-state index contributed by atoms with van der Waals surface area (Å²) in [5, 5.41) is 13.6. The van der Waals surface area contributed by atoms with Crippen molar-refractivity contribution in [3.8, 4) is 10.7 Å². The summed E-state index contributed by atoms with van der Waals surface area (Å²) in [6.45, 7) is 1.96. The fraction of sp³-hybridized carbons (Fsp3) is 0.188. The van der Waals surface area contributed by atoms with E-state index in [1.165, 1.54) is 16.4 Å². The smallest absolute Gasteiger partial charge is 0.230 e. The molecule has 1 atom stereocenters. The van der Waals surface area contributed by atoms with Crippen molar-refractivity contribution in [2.75, 3.05) is 11.6 Å². The van der Waals surface area contributed by atoms with E-state index in [1.54, 1.807) is 11.3 Å². The number of hydrogen-bond acceptors (Lipinski definition) is 6. The van der Waals surface area contributed by atoms with Gasteiger partial charge >= 0.3 is 0 Å². The van der Waals surface area contributed by atoms with Gasteiger partial charge in [-0.3, -0.25) is 4.79 Å². The molecule has 0 saturated heterocycles. The van der Waals surface area contributed by atoms with E-state index in [2.05, 4.69) is 15.5 Å². The monoisotopic (exact) mass is 359 g/mol. The summed E-state index contributed by atoms with van der Waals surface area (Å²) in [6, 6.07) is 13.7. The van der Waals surface area contributed by atoms with E-state index in [0.29, 0.717) is 11.0 Å². The summed E-state index contributed by atoms with van der Waals surface area (Å²) in [7, 11) is 0. The molecule has 124 valence electrons. The van der Waals surface area contributed by atoms with Gasteiger partial charge in [0.15, 0.2) is 5.82 Å². The number of rotatable bonds is 6. The average Bonchev–Trinajstić information content (AvgIpc) is 3.23. The second-order valence-electron chi connectivity index (χ2n) is 5.14. The highest BCUT2D eigenvalue weighted by Gasteiger charge is 2.15. The van der Waals surface area contributed by atoms with Gasteiger partial charge in [-0.2, -0.15) is 0 Å². The Labute approximate surface area is 148 Å². The van der Waals surface area contributed by atoms with Crippen molar-refractivity contribution in [1.29, 1.82) is 0 Å². The maximum Gasteiger partial charge on any atom is 0.230 e. The predicted octanol–water partition coefficient (Wildman–Crippen LogP) is 2.69.